The summed E-state index contributed by atoms with van der Waals surface area (Å²) in [6, 6.07) is 3.86. The minimum absolute atomic E-state index is 0.336. The minimum atomic E-state index is -0.611. The van der Waals surface area contributed by atoms with Crippen LogP contribution in [0.1, 0.15) is 45.2 Å². The zero-order valence-electron chi connectivity index (χ0n) is 17.3. The van der Waals surface area contributed by atoms with Crippen molar-refractivity contribution >= 4 is 28.6 Å². The zero-order valence-corrected chi connectivity index (χ0v) is 17.3. The van der Waals surface area contributed by atoms with Crippen molar-refractivity contribution in [2.24, 2.45) is 0 Å². The third-order valence-corrected chi connectivity index (χ3v) is 5.58. The molecule has 1 aliphatic carbocycles. The van der Waals surface area contributed by atoms with E-state index in [2.05, 4.69) is 14.5 Å². The van der Waals surface area contributed by atoms with Crippen LogP contribution >= 0.6 is 0 Å². The molecule has 0 saturated heterocycles. The number of anilines is 2. The normalized spacial score (nSPS) is 16.2. The first-order chi connectivity index (χ1) is 14.2. The molecule has 3 heterocycles. The van der Waals surface area contributed by atoms with Gasteiger partial charge >= 0.3 is 6.09 Å². The molecule has 8 heteroatoms. The van der Waals surface area contributed by atoms with E-state index >= 15 is 4.39 Å². The number of halogens is 1. The van der Waals surface area contributed by atoms with Gasteiger partial charge < -0.3 is 15.0 Å². The number of carbonyl (C=O) groups excluding carboxylic acids is 1. The second kappa shape index (κ2) is 6.42. The van der Waals surface area contributed by atoms with Crippen LogP contribution in [-0.4, -0.2) is 32.8 Å². The van der Waals surface area contributed by atoms with Crippen molar-refractivity contribution in [2.75, 3.05) is 17.2 Å². The molecule has 5 rings (SSSR count). The Morgan fingerprint density at radius 3 is 2.70 bits per heavy atom. The summed E-state index contributed by atoms with van der Waals surface area (Å²) in [6.07, 6.45) is 5.49. The molecular weight excluding hydrogens is 385 g/mol. The van der Waals surface area contributed by atoms with Gasteiger partial charge in [0.1, 0.15) is 29.2 Å². The molecule has 2 aliphatic rings. The van der Waals surface area contributed by atoms with E-state index in [1.165, 1.54) is 11.2 Å². The summed E-state index contributed by atoms with van der Waals surface area (Å²) in [4.78, 5) is 22.6. The highest BCUT2D eigenvalue weighted by molar-refractivity contribution is 6.01. The first-order valence-electron chi connectivity index (χ1n) is 10.2. The molecule has 0 radical (unpaired) electrons. The molecule has 1 aliphatic heterocycles. The number of nitrogens with zero attached hydrogens (tertiary/aromatic N) is 4. The Bertz CT molecular complexity index is 1180. The van der Waals surface area contributed by atoms with Gasteiger partial charge in [-0.2, -0.15) is 0 Å². The second-order valence-electron chi connectivity index (χ2n) is 8.95. The molecule has 0 bridgehead atoms. The summed E-state index contributed by atoms with van der Waals surface area (Å²) in [6.45, 7) is 5.83. The van der Waals surface area contributed by atoms with Crippen LogP contribution in [0, 0.1) is 5.82 Å². The van der Waals surface area contributed by atoms with Crippen molar-refractivity contribution in [3.63, 3.8) is 0 Å². The maximum Gasteiger partial charge on any atom is 0.414 e. The summed E-state index contributed by atoms with van der Waals surface area (Å²) in [5, 5.41) is 0.672. The van der Waals surface area contributed by atoms with Crippen LogP contribution in [0.4, 0.5) is 20.7 Å². The average molecular weight is 409 g/mol. The number of hydrogen-bond donors (Lipinski definition) is 1. The van der Waals surface area contributed by atoms with Crippen LogP contribution in [0.2, 0.25) is 0 Å². The monoisotopic (exact) mass is 409 g/mol. The molecule has 1 fully saturated rings. The second-order valence-corrected chi connectivity index (χ2v) is 8.95. The van der Waals surface area contributed by atoms with E-state index in [-0.39, 0.29) is 5.82 Å². The number of nitrogens with two attached hydrogens (primary N) is 1. The van der Waals surface area contributed by atoms with E-state index < -0.39 is 11.7 Å². The molecule has 1 amide bonds. The van der Waals surface area contributed by atoms with Gasteiger partial charge in [0.2, 0.25) is 0 Å². The van der Waals surface area contributed by atoms with E-state index in [1.54, 1.807) is 12.1 Å². The summed E-state index contributed by atoms with van der Waals surface area (Å²) in [7, 11) is 0. The lowest BCUT2D eigenvalue weighted by Crippen LogP contribution is -2.35. The van der Waals surface area contributed by atoms with Gasteiger partial charge in [-0.05, 0) is 52.2 Å². The molecule has 0 spiro atoms. The Morgan fingerprint density at radius 1 is 1.23 bits per heavy atom. The van der Waals surface area contributed by atoms with Gasteiger partial charge in [0, 0.05) is 35.5 Å². The summed E-state index contributed by atoms with van der Waals surface area (Å²) >= 11 is 0. The molecule has 0 unspecified atom stereocenters. The van der Waals surface area contributed by atoms with Gasteiger partial charge in [-0.15, -0.1) is 0 Å². The Morgan fingerprint density at radius 2 is 2.00 bits per heavy atom. The third-order valence-electron chi connectivity index (χ3n) is 5.58. The van der Waals surface area contributed by atoms with Crippen molar-refractivity contribution in [2.45, 2.75) is 51.7 Å². The topological polar surface area (TPSA) is 86.3 Å². The van der Waals surface area contributed by atoms with Crippen LogP contribution in [0.15, 0.2) is 24.7 Å². The Balaban J connectivity index is 1.60. The van der Waals surface area contributed by atoms with Crippen molar-refractivity contribution in [3.8, 4) is 11.1 Å². The SMILES string of the molecule is CC(C)(C)OC(=O)N1CCc2c1ccc(-c1cn(C3CC3)c3ncnc(N)c13)c2F. The van der Waals surface area contributed by atoms with Crippen LogP contribution < -0.4 is 10.6 Å². The minimum Gasteiger partial charge on any atom is -0.443 e. The number of benzene rings is 1. The number of aromatic nitrogens is 3. The van der Waals surface area contributed by atoms with E-state index in [1.807, 2.05) is 27.0 Å². The Labute approximate surface area is 173 Å². The lowest BCUT2D eigenvalue weighted by Gasteiger charge is -2.24. The molecule has 0 atom stereocenters. The largest absolute Gasteiger partial charge is 0.443 e. The van der Waals surface area contributed by atoms with Crippen LogP contribution in [0.5, 0.6) is 0 Å². The van der Waals surface area contributed by atoms with Gasteiger partial charge in [-0.1, -0.05) is 0 Å². The quantitative estimate of drug-likeness (QED) is 0.676. The van der Waals surface area contributed by atoms with Crippen LogP contribution in [0.25, 0.3) is 22.2 Å². The van der Waals surface area contributed by atoms with Gasteiger partial charge in [0.25, 0.3) is 0 Å². The molecule has 2 aromatic heterocycles. The highest BCUT2D eigenvalue weighted by Gasteiger charge is 2.33. The molecule has 2 N–H and O–H groups in total. The highest BCUT2D eigenvalue weighted by atomic mass is 19.1. The zero-order chi connectivity index (χ0) is 21.2. The number of fused-ring (bicyclic) bond motifs is 2. The van der Waals surface area contributed by atoms with Crippen molar-refractivity contribution in [3.05, 3.63) is 36.0 Å². The predicted octanol–water partition coefficient (Wildman–Crippen LogP) is 4.45. The van der Waals surface area contributed by atoms with Crippen molar-refractivity contribution in [1.82, 2.24) is 14.5 Å². The molecule has 3 aromatic rings. The molecule has 7 nitrogen and oxygen atoms in total. The van der Waals surface area contributed by atoms with E-state index in [0.29, 0.717) is 52.6 Å². The number of carbonyl (C=O) groups is 1. The summed E-state index contributed by atoms with van der Waals surface area (Å²) in [5.41, 5.74) is 8.48. The number of ether oxygens (including phenoxy) is 1. The summed E-state index contributed by atoms with van der Waals surface area (Å²) in [5.74, 6) is 0.00124. The fourth-order valence-electron chi connectivity index (χ4n) is 4.10. The first-order valence-corrected chi connectivity index (χ1v) is 10.2. The van der Waals surface area contributed by atoms with E-state index in [4.69, 9.17) is 10.5 Å². The fourth-order valence-corrected chi connectivity index (χ4v) is 4.10. The summed E-state index contributed by atoms with van der Waals surface area (Å²) < 4.78 is 23.2. The van der Waals surface area contributed by atoms with Gasteiger partial charge in [-0.25, -0.2) is 19.2 Å². The number of hydrogen-bond acceptors (Lipinski definition) is 5. The lowest BCUT2D eigenvalue weighted by molar-refractivity contribution is 0.0584. The highest BCUT2D eigenvalue weighted by Crippen LogP contribution is 2.44. The van der Waals surface area contributed by atoms with E-state index in [9.17, 15) is 4.79 Å². The van der Waals surface area contributed by atoms with Crippen molar-refractivity contribution < 1.29 is 13.9 Å². The number of rotatable bonds is 2. The molecule has 1 saturated carbocycles. The van der Waals surface area contributed by atoms with Gasteiger partial charge in [0.05, 0.1) is 11.1 Å². The van der Waals surface area contributed by atoms with Gasteiger partial charge in [0.15, 0.2) is 0 Å². The standard InChI is InChI=1S/C22H24FN5O2/c1-22(2,3)30-21(29)27-9-8-14-16(27)7-6-13(18(14)23)15-10-28(12-4-5-12)20-17(15)19(24)25-11-26-20/h6-7,10-12H,4-5,8-9H2,1-3H3,(H2,24,25,26). The Kier molecular flexibility index (Phi) is 4.03. The first kappa shape index (κ1) is 18.8. The van der Waals surface area contributed by atoms with Gasteiger partial charge in [-0.3, -0.25) is 4.90 Å². The van der Waals surface area contributed by atoms with E-state index in [0.717, 1.165) is 18.5 Å². The molecule has 1 aromatic carbocycles. The molecular formula is C22H24FN5O2. The predicted molar refractivity (Wildman–Crippen MR) is 113 cm³/mol. The Hall–Kier alpha value is -3.16. The average Bonchev–Trinajstić information content (AvgIpc) is 3.28. The lowest BCUT2D eigenvalue weighted by atomic mass is 10.0. The molecule has 156 valence electrons. The third kappa shape index (κ3) is 2.98. The maximum atomic E-state index is 15.7. The molecule has 30 heavy (non-hydrogen) atoms. The maximum absolute atomic E-state index is 15.7. The number of amides is 1. The fraction of sp³-hybridized carbons (Fsp3) is 0.409. The van der Waals surface area contributed by atoms with Crippen LogP contribution in [-0.2, 0) is 11.2 Å². The van der Waals surface area contributed by atoms with Crippen LogP contribution in [0.3, 0.4) is 0 Å². The number of nitrogen functional groups attached to an aromatic ring is 1. The van der Waals surface area contributed by atoms with Crippen molar-refractivity contribution in [1.29, 1.82) is 0 Å². The smallest absolute Gasteiger partial charge is 0.414 e.